The second kappa shape index (κ2) is 9.38. The molecule has 1 aromatic rings. The second-order valence-electron chi connectivity index (χ2n) is 6.96. The van der Waals surface area contributed by atoms with Crippen LogP contribution in [0, 0.1) is 0 Å². The second-order valence-corrected chi connectivity index (χ2v) is 6.96. The average Bonchev–Trinajstić information content (AvgIpc) is 2.74. The lowest BCUT2D eigenvalue weighted by Gasteiger charge is -2.34. The zero-order chi connectivity index (χ0) is 19.9. The Bertz CT molecular complexity index is 680. The molecule has 0 atom stereocenters. The summed E-state index contributed by atoms with van der Waals surface area (Å²) >= 11 is 0. The summed E-state index contributed by atoms with van der Waals surface area (Å²) in [6.07, 6.45) is 3.68. The van der Waals surface area contributed by atoms with E-state index in [-0.39, 0.29) is 18.0 Å². The first-order valence-electron chi connectivity index (χ1n) is 9.73. The number of amides is 3. The van der Waals surface area contributed by atoms with Crippen molar-refractivity contribution < 1.29 is 19.1 Å². The van der Waals surface area contributed by atoms with Crippen LogP contribution in [0.3, 0.4) is 0 Å². The largest absolute Gasteiger partial charge is 0.450 e. The van der Waals surface area contributed by atoms with E-state index in [4.69, 9.17) is 4.74 Å². The first kappa shape index (κ1) is 19.9. The van der Waals surface area contributed by atoms with Gasteiger partial charge in [0.15, 0.2) is 0 Å². The Hall–Kier alpha value is -2.84. The molecule has 0 saturated carbocycles. The molecule has 1 N–H and O–H groups in total. The monoisotopic (exact) mass is 389 g/mol. The van der Waals surface area contributed by atoms with Gasteiger partial charge in [0.25, 0.3) is 5.91 Å². The van der Waals surface area contributed by atoms with Gasteiger partial charge in [0.05, 0.1) is 18.5 Å². The fraction of sp³-hybridized carbons (Fsp3) is 0.579. The van der Waals surface area contributed by atoms with E-state index in [2.05, 4.69) is 15.2 Å². The summed E-state index contributed by atoms with van der Waals surface area (Å²) in [4.78, 5) is 44.9. The van der Waals surface area contributed by atoms with Crippen molar-refractivity contribution in [3.05, 3.63) is 24.0 Å². The standard InChI is InChI=1S/C19H27N5O4/c1-2-28-19(27)24-7-5-15(6-8-24)21-18(26)17-4-3-16(13-20-17)23-11-9-22(14-25)10-12-23/h3-4,13-15H,2,5-12H2,1H3,(H,21,26). The highest BCUT2D eigenvalue weighted by molar-refractivity contribution is 5.92. The highest BCUT2D eigenvalue weighted by Crippen LogP contribution is 2.16. The smallest absolute Gasteiger partial charge is 0.409 e. The fourth-order valence-electron chi connectivity index (χ4n) is 3.47. The molecule has 0 unspecified atom stereocenters. The van der Waals surface area contributed by atoms with E-state index in [1.54, 1.807) is 29.0 Å². The van der Waals surface area contributed by atoms with Crippen LogP contribution in [0.4, 0.5) is 10.5 Å². The number of rotatable bonds is 5. The highest BCUT2D eigenvalue weighted by atomic mass is 16.6. The van der Waals surface area contributed by atoms with Crippen LogP contribution < -0.4 is 10.2 Å². The van der Waals surface area contributed by atoms with Crippen molar-refractivity contribution in [1.82, 2.24) is 20.1 Å². The van der Waals surface area contributed by atoms with Crippen LogP contribution in [-0.4, -0.2) is 85.1 Å². The molecular weight excluding hydrogens is 362 g/mol. The summed E-state index contributed by atoms with van der Waals surface area (Å²) in [6.45, 7) is 6.19. The average molecular weight is 389 g/mol. The molecule has 2 saturated heterocycles. The predicted molar refractivity (Wildman–Crippen MR) is 103 cm³/mol. The van der Waals surface area contributed by atoms with E-state index in [0.717, 1.165) is 25.2 Å². The van der Waals surface area contributed by atoms with Crippen molar-refractivity contribution in [3.8, 4) is 0 Å². The van der Waals surface area contributed by atoms with Crippen molar-refractivity contribution in [1.29, 1.82) is 0 Å². The number of likely N-dealkylation sites (tertiary alicyclic amines) is 1. The summed E-state index contributed by atoms with van der Waals surface area (Å²) in [5.74, 6) is -0.202. The van der Waals surface area contributed by atoms with E-state index in [0.29, 0.717) is 51.3 Å². The minimum Gasteiger partial charge on any atom is -0.450 e. The molecule has 28 heavy (non-hydrogen) atoms. The normalized spacial score (nSPS) is 18.0. The molecule has 9 heteroatoms. The lowest BCUT2D eigenvalue weighted by molar-refractivity contribution is -0.118. The third-order valence-corrected chi connectivity index (χ3v) is 5.17. The van der Waals surface area contributed by atoms with Gasteiger partial charge in [-0.25, -0.2) is 9.78 Å². The molecule has 152 valence electrons. The quantitative estimate of drug-likeness (QED) is 0.746. The Kier molecular flexibility index (Phi) is 6.67. The Balaban J connectivity index is 1.48. The molecule has 3 amide bonds. The number of piperidine rings is 1. The van der Waals surface area contributed by atoms with Crippen LogP contribution >= 0.6 is 0 Å². The Morgan fingerprint density at radius 3 is 2.46 bits per heavy atom. The molecule has 2 fully saturated rings. The fourth-order valence-corrected chi connectivity index (χ4v) is 3.47. The van der Waals surface area contributed by atoms with Crippen molar-refractivity contribution >= 4 is 24.1 Å². The lowest BCUT2D eigenvalue weighted by Crippen LogP contribution is -2.47. The van der Waals surface area contributed by atoms with Gasteiger partial charge in [0.1, 0.15) is 5.69 Å². The molecule has 0 bridgehead atoms. The molecule has 2 aliphatic rings. The summed E-state index contributed by atoms with van der Waals surface area (Å²) in [5.41, 5.74) is 1.33. The van der Waals surface area contributed by atoms with E-state index < -0.39 is 0 Å². The van der Waals surface area contributed by atoms with E-state index in [1.807, 2.05) is 6.07 Å². The number of ether oxygens (including phenoxy) is 1. The first-order valence-corrected chi connectivity index (χ1v) is 9.73. The molecule has 9 nitrogen and oxygen atoms in total. The van der Waals surface area contributed by atoms with Crippen molar-refractivity contribution in [2.24, 2.45) is 0 Å². The number of hydrogen-bond donors (Lipinski definition) is 1. The number of pyridine rings is 1. The number of nitrogens with one attached hydrogen (secondary N) is 1. The Morgan fingerprint density at radius 1 is 1.18 bits per heavy atom. The maximum atomic E-state index is 12.5. The van der Waals surface area contributed by atoms with Crippen LogP contribution in [0.15, 0.2) is 18.3 Å². The highest BCUT2D eigenvalue weighted by Gasteiger charge is 2.25. The summed E-state index contributed by atoms with van der Waals surface area (Å²) < 4.78 is 5.01. The number of piperazine rings is 1. The minimum absolute atomic E-state index is 0.0241. The molecule has 3 rings (SSSR count). The summed E-state index contributed by atoms with van der Waals surface area (Å²) in [6, 6.07) is 3.64. The third kappa shape index (κ3) is 4.90. The molecule has 1 aromatic heterocycles. The molecule has 2 aliphatic heterocycles. The minimum atomic E-state index is -0.293. The van der Waals surface area contributed by atoms with E-state index >= 15 is 0 Å². The van der Waals surface area contributed by atoms with Gasteiger partial charge in [-0.3, -0.25) is 9.59 Å². The van der Waals surface area contributed by atoms with Gasteiger partial charge in [-0.1, -0.05) is 0 Å². The zero-order valence-corrected chi connectivity index (χ0v) is 16.2. The van der Waals surface area contributed by atoms with Crippen molar-refractivity contribution in [2.75, 3.05) is 50.8 Å². The van der Waals surface area contributed by atoms with Gasteiger partial charge < -0.3 is 24.8 Å². The Labute approximate surface area is 164 Å². The van der Waals surface area contributed by atoms with Crippen LogP contribution in [0.2, 0.25) is 0 Å². The van der Waals surface area contributed by atoms with E-state index in [9.17, 15) is 14.4 Å². The topological polar surface area (TPSA) is 95.1 Å². The molecule has 0 radical (unpaired) electrons. The van der Waals surface area contributed by atoms with Gasteiger partial charge in [0, 0.05) is 45.3 Å². The molecule has 0 aromatic carbocycles. The van der Waals surface area contributed by atoms with Gasteiger partial charge in [0.2, 0.25) is 6.41 Å². The number of anilines is 1. The van der Waals surface area contributed by atoms with Gasteiger partial charge in [-0.2, -0.15) is 0 Å². The molecule has 0 spiro atoms. The zero-order valence-electron chi connectivity index (χ0n) is 16.2. The molecule has 0 aliphatic carbocycles. The van der Waals surface area contributed by atoms with Crippen LogP contribution in [0.5, 0.6) is 0 Å². The Morgan fingerprint density at radius 2 is 1.89 bits per heavy atom. The van der Waals surface area contributed by atoms with Crippen LogP contribution in [0.1, 0.15) is 30.3 Å². The predicted octanol–water partition coefficient (Wildman–Crippen LogP) is 0.711. The van der Waals surface area contributed by atoms with Gasteiger partial charge in [-0.05, 0) is 31.9 Å². The molecular formula is C19H27N5O4. The van der Waals surface area contributed by atoms with Crippen molar-refractivity contribution in [2.45, 2.75) is 25.8 Å². The maximum Gasteiger partial charge on any atom is 0.409 e. The van der Waals surface area contributed by atoms with Crippen LogP contribution in [0.25, 0.3) is 0 Å². The SMILES string of the molecule is CCOC(=O)N1CCC(NC(=O)c2ccc(N3CCN(C=O)CC3)cn2)CC1. The lowest BCUT2D eigenvalue weighted by atomic mass is 10.1. The number of carbonyl (C=O) groups is 3. The number of aromatic nitrogens is 1. The van der Waals surface area contributed by atoms with E-state index in [1.165, 1.54) is 0 Å². The summed E-state index contributed by atoms with van der Waals surface area (Å²) in [7, 11) is 0. The first-order chi connectivity index (χ1) is 13.6. The van der Waals surface area contributed by atoms with Gasteiger partial charge in [-0.15, -0.1) is 0 Å². The number of nitrogens with zero attached hydrogens (tertiary/aromatic N) is 4. The third-order valence-electron chi connectivity index (χ3n) is 5.17. The molecule has 3 heterocycles. The van der Waals surface area contributed by atoms with Crippen molar-refractivity contribution in [3.63, 3.8) is 0 Å². The maximum absolute atomic E-state index is 12.5. The van der Waals surface area contributed by atoms with Crippen LogP contribution in [-0.2, 0) is 9.53 Å². The number of hydrogen-bond acceptors (Lipinski definition) is 6. The van der Waals surface area contributed by atoms with Gasteiger partial charge >= 0.3 is 6.09 Å². The number of carbonyl (C=O) groups excluding carboxylic acids is 3. The summed E-state index contributed by atoms with van der Waals surface area (Å²) in [5, 5.41) is 3.00.